The van der Waals surface area contributed by atoms with Gasteiger partial charge in [-0.15, -0.1) is 0 Å². The van der Waals surface area contributed by atoms with E-state index >= 15 is 0 Å². The monoisotopic (exact) mass is 314 g/mol. The summed E-state index contributed by atoms with van der Waals surface area (Å²) in [5.74, 6) is 0.339. The molecule has 0 aliphatic carbocycles. The van der Waals surface area contributed by atoms with Gasteiger partial charge < -0.3 is 10.2 Å². The standard InChI is InChI=1S/C18H26N4O/c1-5-22(6-2)16-9-7-14(8-10-16)19-18(23)17-12-15(20-21-17)11-13(3)4/h7-10,12-13H,5-6,11H2,1-4H3,(H,19,23)(H,20,21). The van der Waals surface area contributed by atoms with Crippen molar-refractivity contribution >= 4 is 17.3 Å². The van der Waals surface area contributed by atoms with Crippen LogP contribution in [0, 0.1) is 5.92 Å². The number of amides is 1. The van der Waals surface area contributed by atoms with Crippen LogP contribution in [0.2, 0.25) is 0 Å². The van der Waals surface area contributed by atoms with Gasteiger partial charge in [0.2, 0.25) is 0 Å². The fourth-order valence-corrected chi connectivity index (χ4v) is 2.56. The minimum atomic E-state index is -0.188. The Bertz CT molecular complexity index is 627. The number of hydrogen-bond acceptors (Lipinski definition) is 3. The second-order valence-electron chi connectivity index (χ2n) is 6.05. The van der Waals surface area contributed by atoms with Crippen molar-refractivity contribution in [1.82, 2.24) is 10.2 Å². The van der Waals surface area contributed by atoms with E-state index in [-0.39, 0.29) is 5.91 Å². The first-order valence-electron chi connectivity index (χ1n) is 8.24. The quantitative estimate of drug-likeness (QED) is 0.819. The molecule has 0 aliphatic rings. The van der Waals surface area contributed by atoms with Crippen molar-refractivity contribution in [2.24, 2.45) is 5.92 Å². The first kappa shape index (κ1) is 17.1. The van der Waals surface area contributed by atoms with E-state index in [2.05, 4.69) is 48.1 Å². The summed E-state index contributed by atoms with van der Waals surface area (Å²) in [5.41, 5.74) is 3.35. The van der Waals surface area contributed by atoms with Crippen LogP contribution in [0.5, 0.6) is 0 Å². The predicted octanol–water partition coefficient (Wildman–Crippen LogP) is 3.71. The molecule has 1 aromatic carbocycles. The average molecular weight is 314 g/mol. The average Bonchev–Trinajstić information content (AvgIpc) is 2.98. The fraction of sp³-hybridized carbons (Fsp3) is 0.444. The summed E-state index contributed by atoms with van der Waals surface area (Å²) in [5, 5.41) is 9.90. The highest BCUT2D eigenvalue weighted by molar-refractivity contribution is 6.02. The molecule has 2 aromatic rings. The molecule has 5 heteroatoms. The van der Waals surface area contributed by atoms with Gasteiger partial charge in [-0.25, -0.2) is 0 Å². The molecule has 5 nitrogen and oxygen atoms in total. The molecule has 0 bridgehead atoms. The zero-order valence-corrected chi connectivity index (χ0v) is 14.4. The van der Waals surface area contributed by atoms with Gasteiger partial charge in [0.05, 0.1) is 0 Å². The SMILES string of the molecule is CCN(CC)c1ccc(NC(=O)c2cc(CC(C)C)[nH]n2)cc1. The van der Waals surface area contributed by atoms with Crippen molar-refractivity contribution in [3.63, 3.8) is 0 Å². The van der Waals surface area contributed by atoms with E-state index in [1.807, 2.05) is 30.3 Å². The Kier molecular flexibility index (Phi) is 5.79. The summed E-state index contributed by atoms with van der Waals surface area (Å²) >= 11 is 0. The number of carbonyl (C=O) groups is 1. The molecule has 0 radical (unpaired) electrons. The second-order valence-corrected chi connectivity index (χ2v) is 6.05. The Hall–Kier alpha value is -2.30. The van der Waals surface area contributed by atoms with Crippen molar-refractivity contribution in [3.8, 4) is 0 Å². The van der Waals surface area contributed by atoms with Crippen LogP contribution in [0.25, 0.3) is 0 Å². The maximum atomic E-state index is 12.2. The second kappa shape index (κ2) is 7.81. The molecule has 0 spiro atoms. The normalized spacial score (nSPS) is 10.8. The van der Waals surface area contributed by atoms with Gasteiger partial charge in [0.1, 0.15) is 0 Å². The maximum Gasteiger partial charge on any atom is 0.276 e. The van der Waals surface area contributed by atoms with E-state index in [0.717, 1.165) is 36.6 Å². The van der Waals surface area contributed by atoms with Crippen molar-refractivity contribution in [1.29, 1.82) is 0 Å². The van der Waals surface area contributed by atoms with Crippen molar-refractivity contribution in [2.75, 3.05) is 23.3 Å². The van der Waals surface area contributed by atoms with Gasteiger partial charge in [-0.1, -0.05) is 13.8 Å². The number of nitrogens with zero attached hydrogens (tertiary/aromatic N) is 2. The minimum Gasteiger partial charge on any atom is -0.372 e. The van der Waals surface area contributed by atoms with Crippen molar-refractivity contribution < 1.29 is 4.79 Å². The van der Waals surface area contributed by atoms with E-state index in [1.54, 1.807) is 0 Å². The van der Waals surface area contributed by atoms with Crippen molar-refractivity contribution in [3.05, 3.63) is 41.7 Å². The molecule has 0 saturated carbocycles. The molecule has 1 heterocycles. The van der Waals surface area contributed by atoms with Crippen molar-refractivity contribution in [2.45, 2.75) is 34.1 Å². The molecule has 1 aromatic heterocycles. The lowest BCUT2D eigenvalue weighted by atomic mass is 10.1. The summed E-state index contributed by atoms with van der Waals surface area (Å²) in [7, 11) is 0. The fourth-order valence-electron chi connectivity index (χ4n) is 2.56. The number of benzene rings is 1. The van der Waals surface area contributed by atoms with Crippen LogP contribution in [0.4, 0.5) is 11.4 Å². The molecule has 23 heavy (non-hydrogen) atoms. The van der Waals surface area contributed by atoms with Crippen LogP contribution < -0.4 is 10.2 Å². The van der Waals surface area contributed by atoms with Gasteiger partial charge in [-0.2, -0.15) is 5.10 Å². The Balaban J connectivity index is 2.01. The number of aromatic amines is 1. The topological polar surface area (TPSA) is 61.0 Å². The third kappa shape index (κ3) is 4.58. The number of H-pyrrole nitrogens is 1. The number of rotatable bonds is 7. The molecular weight excluding hydrogens is 288 g/mol. The van der Waals surface area contributed by atoms with Crippen LogP contribution >= 0.6 is 0 Å². The zero-order chi connectivity index (χ0) is 16.8. The summed E-state index contributed by atoms with van der Waals surface area (Å²) < 4.78 is 0. The molecule has 2 rings (SSSR count). The maximum absolute atomic E-state index is 12.2. The van der Waals surface area contributed by atoms with Crippen LogP contribution in [0.3, 0.4) is 0 Å². The number of anilines is 2. The highest BCUT2D eigenvalue weighted by Gasteiger charge is 2.12. The highest BCUT2D eigenvalue weighted by atomic mass is 16.1. The molecule has 2 N–H and O–H groups in total. The Morgan fingerprint density at radius 3 is 2.43 bits per heavy atom. The summed E-state index contributed by atoms with van der Waals surface area (Å²) in [6.45, 7) is 10.5. The van der Waals surface area contributed by atoms with E-state index < -0.39 is 0 Å². The number of carbonyl (C=O) groups excluding carboxylic acids is 1. The third-order valence-corrected chi connectivity index (χ3v) is 3.75. The molecule has 0 unspecified atom stereocenters. The van der Waals surface area contributed by atoms with E-state index in [4.69, 9.17) is 0 Å². The van der Waals surface area contributed by atoms with E-state index in [0.29, 0.717) is 11.6 Å². The molecule has 0 saturated heterocycles. The van der Waals surface area contributed by atoms with Crippen LogP contribution in [0.15, 0.2) is 30.3 Å². The summed E-state index contributed by atoms with van der Waals surface area (Å²) in [4.78, 5) is 14.5. The van der Waals surface area contributed by atoms with Gasteiger partial charge in [0.25, 0.3) is 5.91 Å². The molecule has 1 amide bonds. The van der Waals surface area contributed by atoms with E-state index in [1.165, 1.54) is 0 Å². The number of aromatic nitrogens is 2. The molecule has 124 valence electrons. The number of hydrogen-bond donors (Lipinski definition) is 2. The molecule has 0 fully saturated rings. The molecular formula is C18H26N4O. The van der Waals surface area contributed by atoms with Crippen LogP contribution in [-0.2, 0) is 6.42 Å². The van der Waals surface area contributed by atoms with Crippen LogP contribution in [-0.4, -0.2) is 29.2 Å². The first-order valence-corrected chi connectivity index (χ1v) is 8.24. The molecule has 0 atom stereocenters. The van der Waals surface area contributed by atoms with Gasteiger partial charge in [-0.3, -0.25) is 9.89 Å². The zero-order valence-electron chi connectivity index (χ0n) is 14.4. The van der Waals surface area contributed by atoms with E-state index in [9.17, 15) is 4.79 Å². The van der Waals surface area contributed by atoms with Crippen LogP contribution in [0.1, 0.15) is 43.9 Å². The lowest BCUT2D eigenvalue weighted by Crippen LogP contribution is -2.21. The molecule has 0 aliphatic heterocycles. The largest absolute Gasteiger partial charge is 0.372 e. The summed E-state index contributed by atoms with van der Waals surface area (Å²) in [6, 6.07) is 9.72. The Labute approximate surface area is 138 Å². The van der Waals surface area contributed by atoms with Gasteiger partial charge in [0, 0.05) is 30.2 Å². The highest BCUT2D eigenvalue weighted by Crippen LogP contribution is 2.18. The predicted molar refractivity (Wildman–Crippen MR) is 95.1 cm³/mol. The smallest absolute Gasteiger partial charge is 0.276 e. The first-order chi connectivity index (χ1) is 11.0. The Morgan fingerprint density at radius 2 is 1.87 bits per heavy atom. The lowest BCUT2D eigenvalue weighted by Gasteiger charge is -2.21. The van der Waals surface area contributed by atoms with Gasteiger partial charge >= 0.3 is 0 Å². The van der Waals surface area contributed by atoms with Gasteiger partial charge in [0.15, 0.2) is 5.69 Å². The lowest BCUT2D eigenvalue weighted by molar-refractivity contribution is 0.102. The Morgan fingerprint density at radius 1 is 1.22 bits per heavy atom. The number of nitrogens with one attached hydrogen (secondary N) is 2. The van der Waals surface area contributed by atoms with Gasteiger partial charge in [-0.05, 0) is 56.5 Å². The minimum absolute atomic E-state index is 0.188. The third-order valence-electron chi connectivity index (χ3n) is 3.75. The summed E-state index contributed by atoms with van der Waals surface area (Å²) in [6.07, 6.45) is 0.888.